The number of aromatic nitrogens is 1. The molecule has 1 heterocycles. The van der Waals surface area contributed by atoms with Crippen molar-refractivity contribution in [3.63, 3.8) is 0 Å². The van der Waals surface area contributed by atoms with E-state index in [0.29, 0.717) is 0 Å². The Kier molecular flexibility index (Phi) is 5.67. The van der Waals surface area contributed by atoms with Crippen LogP contribution in [-0.2, 0) is 12.7 Å². The van der Waals surface area contributed by atoms with E-state index in [1.165, 1.54) is 24.4 Å². The SMILES string of the molecule is Nc1ccnc(NCc2ccc(F)cc2)c1C(=O)Nc1ccc(C(F)(F)F)cc1. The number of anilines is 3. The summed E-state index contributed by atoms with van der Waals surface area (Å²) in [6.45, 7) is 0.261. The number of nitrogens with two attached hydrogens (primary N) is 1. The van der Waals surface area contributed by atoms with Crippen molar-refractivity contribution in [1.29, 1.82) is 0 Å². The lowest BCUT2D eigenvalue weighted by molar-refractivity contribution is -0.137. The minimum Gasteiger partial charge on any atom is -0.398 e. The van der Waals surface area contributed by atoms with Crippen LogP contribution in [0.1, 0.15) is 21.5 Å². The van der Waals surface area contributed by atoms with Crippen LogP contribution < -0.4 is 16.4 Å². The zero-order valence-corrected chi connectivity index (χ0v) is 14.9. The van der Waals surface area contributed by atoms with Gasteiger partial charge < -0.3 is 16.4 Å². The maximum atomic E-state index is 13.0. The molecule has 0 saturated carbocycles. The molecule has 0 radical (unpaired) electrons. The van der Waals surface area contributed by atoms with Gasteiger partial charge in [0.1, 0.15) is 17.2 Å². The van der Waals surface area contributed by atoms with Crippen LogP contribution in [0, 0.1) is 5.82 Å². The van der Waals surface area contributed by atoms with Gasteiger partial charge in [0, 0.05) is 24.1 Å². The Morgan fingerprint density at radius 1 is 1.00 bits per heavy atom. The van der Waals surface area contributed by atoms with Crippen LogP contribution in [-0.4, -0.2) is 10.9 Å². The maximum Gasteiger partial charge on any atom is 0.416 e. The summed E-state index contributed by atoms with van der Waals surface area (Å²) >= 11 is 0. The zero-order chi connectivity index (χ0) is 21.0. The number of nitrogens with one attached hydrogen (secondary N) is 2. The van der Waals surface area contributed by atoms with Crippen molar-refractivity contribution in [2.75, 3.05) is 16.4 Å². The van der Waals surface area contributed by atoms with Gasteiger partial charge in [-0.1, -0.05) is 12.1 Å². The van der Waals surface area contributed by atoms with E-state index in [1.807, 2.05) is 0 Å². The van der Waals surface area contributed by atoms with Crippen molar-refractivity contribution in [3.05, 3.63) is 83.3 Å². The zero-order valence-electron chi connectivity index (χ0n) is 14.9. The van der Waals surface area contributed by atoms with E-state index in [9.17, 15) is 22.4 Å². The number of carbonyl (C=O) groups is 1. The van der Waals surface area contributed by atoms with Crippen molar-refractivity contribution in [2.24, 2.45) is 0 Å². The van der Waals surface area contributed by atoms with E-state index in [4.69, 9.17) is 5.73 Å². The smallest absolute Gasteiger partial charge is 0.398 e. The number of halogens is 4. The van der Waals surface area contributed by atoms with Crippen LogP contribution in [0.5, 0.6) is 0 Å². The third-order valence-electron chi connectivity index (χ3n) is 4.05. The molecule has 150 valence electrons. The fraction of sp³-hybridized carbons (Fsp3) is 0.100. The monoisotopic (exact) mass is 404 g/mol. The first kappa shape index (κ1) is 20.1. The Morgan fingerprint density at radius 3 is 2.28 bits per heavy atom. The first-order valence-electron chi connectivity index (χ1n) is 8.45. The summed E-state index contributed by atoms with van der Waals surface area (Å²) in [6, 6.07) is 11.3. The Morgan fingerprint density at radius 2 is 1.66 bits per heavy atom. The normalized spacial score (nSPS) is 11.2. The summed E-state index contributed by atoms with van der Waals surface area (Å²) in [5.74, 6) is -0.803. The van der Waals surface area contributed by atoms with Gasteiger partial charge in [-0.2, -0.15) is 13.2 Å². The number of alkyl halides is 3. The van der Waals surface area contributed by atoms with Gasteiger partial charge in [0.15, 0.2) is 0 Å². The molecular weight excluding hydrogens is 388 g/mol. The quantitative estimate of drug-likeness (QED) is 0.539. The molecule has 9 heteroatoms. The molecule has 0 atom stereocenters. The summed E-state index contributed by atoms with van der Waals surface area (Å²) in [5, 5.41) is 5.47. The summed E-state index contributed by atoms with van der Waals surface area (Å²) in [4.78, 5) is 16.8. The molecule has 3 aromatic rings. The highest BCUT2D eigenvalue weighted by molar-refractivity contribution is 6.11. The molecular formula is C20H16F4N4O. The molecule has 3 rings (SSSR count). The largest absolute Gasteiger partial charge is 0.416 e. The van der Waals surface area contributed by atoms with Gasteiger partial charge in [0.05, 0.1) is 5.56 Å². The molecule has 0 aliphatic heterocycles. The molecule has 0 aliphatic rings. The topological polar surface area (TPSA) is 80.0 Å². The predicted molar refractivity (Wildman–Crippen MR) is 102 cm³/mol. The van der Waals surface area contributed by atoms with Crippen molar-refractivity contribution in [2.45, 2.75) is 12.7 Å². The molecule has 1 aromatic heterocycles. The van der Waals surface area contributed by atoms with E-state index < -0.39 is 17.6 Å². The Labute approximate surface area is 163 Å². The number of rotatable bonds is 5. The number of carbonyl (C=O) groups excluding carboxylic acids is 1. The molecule has 0 saturated heterocycles. The molecule has 0 spiro atoms. The van der Waals surface area contributed by atoms with Crippen LogP contribution in [0.3, 0.4) is 0 Å². The number of nitrogen functional groups attached to an aromatic ring is 1. The molecule has 29 heavy (non-hydrogen) atoms. The summed E-state index contributed by atoms with van der Waals surface area (Å²) in [5.41, 5.74) is 6.21. The Bertz CT molecular complexity index is 1000. The Balaban J connectivity index is 1.77. The van der Waals surface area contributed by atoms with Crippen LogP contribution in [0.2, 0.25) is 0 Å². The number of amides is 1. The number of hydrogen-bond donors (Lipinski definition) is 3. The van der Waals surface area contributed by atoms with Gasteiger partial charge in [0.25, 0.3) is 5.91 Å². The minimum absolute atomic E-state index is 0.0505. The van der Waals surface area contributed by atoms with E-state index in [1.54, 1.807) is 12.1 Å². The highest BCUT2D eigenvalue weighted by Crippen LogP contribution is 2.30. The standard InChI is InChI=1S/C20H16F4N4O/c21-14-5-1-12(2-6-14)11-27-18-17(16(25)9-10-26-18)19(29)28-15-7-3-13(4-8-15)20(22,23)24/h1-10H,11H2,(H,28,29)(H3,25,26,27). The number of benzene rings is 2. The van der Waals surface area contributed by atoms with Gasteiger partial charge >= 0.3 is 6.18 Å². The molecule has 4 N–H and O–H groups in total. The van der Waals surface area contributed by atoms with Crippen LogP contribution >= 0.6 is 0 Å². The third-order valence-corrected chi connectivity index (χ3v) is 4.05. The maximum absolute atomic E-state index is 13.0. The fourth-order valence-electron chi connectivity index (χ4n) is 2.57. The van der Waals surface area contributed by atoms with Crippen molar-refractivity contribution in [1.82, 2.24) is 4.98 Å². The van der Waals surface area contributed by atoms with Gasteiger partial charge in [-0.15, -0.1) is 0 Å². The molecule has 0 fully saturated rings. The summed E-state index contributed by atoms with van der Waals surface area (Å²) in [7, 11) is 0. The van der Waals surface area contributed by atoms with E-state index in [-0.39, 0.29) is 35.1 Å². The minimum atomic E-state index is -4.46. The molecule has 0 bridgehead atoms. The van der Waals surface area contributed by atoms with Crippen molar-refractivity contribution < 1.29 is 22.4 Å². The second kappa shape index (κ2) is 8.17. The predicted octanol–water partition coefficient (Wildman–Crippen LogP) is 4.69. The lowest BCUT2D eigenvalue weighted by Gasteiger charge is -2.14. The molecule has 2 aromatic carbocycles. The highest BCUT2D eigenvalue weighted by atomic mass is 19.4. The first-order chi connectivity index (χ1) is 13.7. The average molecular weight is 404 g/mol. The number of hydrogen-bond acceptors (Lipinski definition) is 4. The fourth-order valence-corrected chi connectivity index (χ4v) is 2.57. The average Bonchev–Trinajstić information content (AvgIpc) is 2.67. The van der Waals surface area contributed by atoms with Crippen molar-refractivity contribution in [3.8, 4) is 0 Å². The molecule has 0 aliphatic carbocycles. The third kappa shape index (κ3) is 5.01. The second-order valence-corrected chi connectivity index (χ2v) is 6.13. The van der Waals surface area contributed by atoms with Crippen molar-refractivity contribution >= 4 is 23.1 Å². The summed E-state index contributed by atoms with van der Waals surface area (Å²) in [6.07, 6.45) is -3.05. The lowest BCUT2D eigenvalue weighted by Crippen LogP contribution is -2.18. The highest BCUT2D eigenvalue weighted by Gasteiger charge is 2.30. The molecule has 5 nitrogen and oxygen atoms in total. The van der Waals surface area contributed by atoms with E-state index in [2.05, 4.69) is 15.6 Å². The van der Waals surface area contributed by atoms with Gasteiger partial charge in [-0.05, 0) is 48.0 Å². The summed E-state index contributed by atoms with van der Waals surface area (Å²) < 4.78 is 51.0. The van der Waals surface area contributed by atoms with Crippen LogP contribution in [0.15, 0.2) is 60.8 Å². The molecule has 0 unspecified atom stereocenters. The van der Waals surface area contributed by atoms with Gasteiger partial charge in [-0.3, -0.25) is 4.79 Å². The van der Waals surface area contributed by atoms with Gasteiger partial charge in [0.2, 0.25) is 0 Å². The molecule has 1 amide bonds. The van der Waals surface area contributed by atoms with E-state index >= 15 is 0 Å². The Hall–Kier alpha value is -3.62. The second-order valence-electron chi connectivity index (χ2n) is 6.13. The van der Waals surface area contributed by atoms with Gasteiger partial charge in [-0.25, -0.2) is 9.37 Å². The first-order valence-corrected chi connectivity index (χ1v) is 8.45. The number of pyridine rings is 1. The number of nitrogens with zero attached hydrogens (tertiary/aromatic N) is 1. The lowest BCUT2D eigenvalue weighted by atomic mass is 10.1. The van der Waals surface area contributed by atoms with E-state index in [0.717, 1.165) is 29.8 Å². The van der Waals surface area contributed by atoms with Crippen LogP contribution in [0.4, 0.5) is 34.8 Å². The van der Waals surface area contributed by atoms with Crippen LogP contribution in [0.25, 0.3) is 0 Å².